The first-order valence-electron chi connectivity index (χ1n) is 6.37. The predicted octanol–water partition coefficient (Wildman–Crippen LogP) is 3.61. The number of amides is 1. The molecule has 0 atom stereocenters. The van der Waals surface area contributed by atoms with E-state index in [0.29, 0.717) is 17.2 Å². The number of alkyl halides is 1. The van der Waals surface area contributed by atoms with Gasteiger partial charge in [-0.05, 0) is 24.3 Å². The van der Waals surface area contributed by atoms with Crippen molar-refractivity contribution in [3.05, 3.63) is 48.5 Å². The lowest BCUT2D eigenvalue weighted by Crippen LogP contribution is -2.26. The van der Waals surface area contributed by atoms with E-state index in [9.17, 15) is 4.79 Å². The molecule has 2 rings (SSSR count). The van der Waals surface area contributed by atoms with Crippen molar-refractivity contribution in [3.8, 4) is 11.5 Å². The van der Waals surface area contributed by atoms with Crippen molar-refractivity contribution in [1.82, 2.24) is 0 Å². The third-order valence-electron chi connectivity index (χ3n) is 3.00. The van der Waals surface area contributed by atoms with Gasteiger partial charge in [-0.3, -0.25) is 9.69 Å². The van der Waals surface area contributed by atoms with Gasteiger partial charge in [-0.1, -0.05) is 18.2 Å². The van der Waals surface area contributed by atoms with Gasteiger partial charge in [-0.15, -0.1) is 11.6 Å². The first-order chi connectivity index (χ1) is 10.2. The monoisotopic (exact) mass is 305 g/mol. The predicted molar refractivity (Wildman–Crippen MR) is 83.9 cm³/mol. The van der Waals surface area contributed by atoms with Crippen molar-refractivity contribution in [1.29, 1.82) is 0 Å². The third kappa shape index (κ3) is 3.28. The van der Waals surface area contributed by atoms with Crippen molar-refractivity contribution >= 4 is 28.9 Å². The number of hydrogen-bond donors (Lipinski definition) is 0. The van der Waals surface area contributed by atoms with Gasteiger partial charge in [0.2, 0.25) is 5.91 Å². The molecule has 0 aliphatic carbocycles. The minimum atomic E-state index is -0.213. The minimum absolute atomic E-state index is 0.108. The fourth-order valence-corrected chi connectivity index (χ4v) is 2.16. The van der Waals surface area contributed by atoms with Gasteiger partial charge < -0.3 is 9.47 Å². The molecular formula is C16H16ClNO3. The lowest BCUT2D eigenvalue weighted by molar-refractivity contribution is -0.115. The smallest absolute Gasteiger partial charge is 0.246 e. The summed E-state index contributed by atoms with van der Waals surface area (Å²) in [4.78, 5) is 13.7. The lowest BCUT2D eigenvalue weighted by atomic mass is 10.2. The van der Waals surface area contributed by atoms with E-state index in [2.05, 4.69) is 0 Å². The largest absolute Gasteiger partial charge is 0.493 e. The number of benzene rings is 2. The van der Waals surface area contributed by atoms with E-state index in [1.807, 2.05) is 30.3 Å². The topological polar surface area (TPSA) is 38.8 Å². The molecule has 4 nitrogen and oxygen atoms in total. The zero-order chi connectivity index (χ0) is 15.2. The van der Waals surface area contributed by atoms with E-state index in [0.717, 1.165) is 5.69 Å². The number of rotatable bonds is 5. The summed E-state index contributed by atoms with van der Waals surface area (Å²) in [6.45, 7) is 0. The molecule has 0 saturated carbocycles. The van der Waals surface area contributed by atoms with Gasteiger partial charge in [0.1, 0.15) is 5.88 Å². The highest BCUT2D eigenvalue weighted by Crippen LogP contribution is 2.34. The summed E-state index contributed by atoms with van der Waals surface area (Å²) >= 11 is 5.73. The molecular weight excluding hydrogens is 290 g/mol. The van der Waals surface area contributed by atoms with E-state index >= 15 is 0 Å². The zero-order valence-electron chi connectivity index (χ0n) is 11.9. The van der Waals surface area contributed by atoms with Gasteiger partial charge in [-0.25, -0.2) is 0 Å². The summed E-state index contributed by atoms with van der Waals surface area (Å²) in [5, 5.41) is 0. The van der Waals surface area contributed by atoms with E-state index in [4.69, 9.17) is 21.1 Å². The summed E-state index contributed by atoms with van der Waals surface area (Å²) in [5.41, 5.74) is 1.42. The van der Waals surface area contributed by atoms with Crippen LogP contribution in [0.5, 0.6) is 11.5 Å². The zero-order valence-corrected chi connectivity index (χ0v) is 12.6. The fraction of sp³-hybridized carbons (Fsp3) is 0.188. The van der Waals surface area contributed by atoms with Crippen LogP contribution in [0.1, 0.15) is 0 Å². The molecule has 2 aromatic carbocycles. The van der Waals surface area contributed by atoms with Crippen LogP contribution in [0.4, 0.5) is 11.4 Å². The third-order valence-corrected chi connectivity index (χ3v) is 3.23. The molecule has 1 amide bonds. The van der Waals surface area contributed by atoms with Gasteiger partial charge in [0.05, 0.1) is 19.9 Å². The van der Waals surface area contributed by atoms with Crippen molar-refractivity contribution in [3.63, 3.8) is 0 Å². The molecule has 0 unspecified atom stereocenters. The Bertz CT molecular complexity index is 616. The average Bonchev–Trinajstić information content (AvgIpc) is 2.55. The maximum absolute atomic E-state index is 12.2. The molecule has 0 saturated heterocycles. The van der Waals surface area contributed by atoms with Crippen LogP contribution in [-0.2, 0) is 4.79 Å². The molecule has 0 fully saturated rings. The number of para-hydroxylation sites is 1. The lowest BCUT2D eigenvalue weighted by Gasteiger charge is -2.23. The quantitative estimate of drug-likeness (QED) is 0.792. The van der Waals surface area contributed by atoms with E-state index < -0.39 is 0 Å². The average molecular weight is 306 g/mol. The van der Waals surface area contributed by atoms with Crippen LogP contribution in [0.25, 0.3) is 0 Å². The van der Waals surface area contributed by atoms with Crippen molar-refractivity contribution in [2.24, 2.45) is 0 Å². The summed E-state index contributed by atoms with van der Waals surface area (Å²) < 4.78 is 10.5. The number of anilines is 2. The first-order valence-corrected chi connectivity index (χ1v) is 6.90. The number of hydrogen-bond acceptors (Lipinski definition) is 3. The second-order valence-electron chi connectivity index (χ2n) is 4.24. The van der Waals surface area contributed by atoms with Crippen LogP contribution in [0, 0.1) is 0 Å². The molecule has 0 bridgehead atoms. The first kappa shape index (κ1) is 15.2. The Labute approximate surface area is 128 Å². The van der Waals surface area contributed by atoms with E-state index in [1.54, 1.807) is 37.3 Å². The minimum Gasteiger partial charge on any atom is -0.493 e. The highest BCUT2D eigenvalue weighted by Gasteiger charge is 2.18. The molecule has 0 aliphatic rings. The highest BCUT2D eigenvalue weighted by molar-refractivity contribution is 6.30. The van der Waals surface area contributed by atoms with Gasteiger partial charge in [0, 0.05) is 11.8 Å². The Kier molecular flexibility index (Phi) is 5.06. The van der Waals surface area contributed by atoms with Crippen LogP contribution in [-0.4, -0.2) is 26.0 Å². The number of ether oxygens (including phenoxy) is 2. The fourth-order valence-electron chi connectivity index (χ4n) is 2.04. The Morgan fingerprint density at radius 2 is 1.67 bits per heavy atom. The molecule has 2 aromatic rings. The van der Waals surface area contributed by atoms with E-state index in [-0.39, 0.29) is 11.8 Å². The molecule has 0 spiro atoms. The molecule has 0 radical (unpaired) electrons. The van der Waals surface area contributed by atoms with Crippen molar-refractivity contribution in [2.75, 3.05) is 25.0 Å². The molecule has 0 heterocycles. The molecule has 110 valence electrons. The van der Waals surface area contributed by atoms with Crippen LogP contribution >= 0.6 is 11.6 Å². The SMILES string of the molecule is COc1ccc(N(C(=O)CCl)c2ccccc2)cc1OC. The van der Waals surface area contributed by atoms with E-state index in [1.165, 1.54) is 0 Å². The van der Waals surface area contributed by atoms with Gasteiger partial charge in [0.25, 0.3) is 0 Å². The standard InChI is InChI=1S/C16H16ClNO3/c1-20-14-9-8-13(10-15(14)21-2)18(16(19)11-17)12-6-4-3-5-7-12/h3-10H,11H2,1-2H3. The summed E-state index contributed by atoms with van der Waals surface area (Å²) in [6, 6.07) is 14.6. The normalized spacial score (nSPS) is 10.0. The van der Waals surface area contributed by atoms with Gasteiger partial charge in [-0.2, -0.15) is 0 Å². The number of methoxy groups -OCH3 is 2. The Hall–Kier alpha value is -2.20. The molecule has 21 heavy (non-hydrogen) atoms. The Morgan fingerprint density at radius 1 is 1.00 bits per heavy atom. The number of nitrogens with zero attached hydrogens (tertiary/aromatic N) is 1. The Morgan fingerprint density at radius 3 is 2.24 bits per heavy atom. The highest BCUT2D eigenvalue weighted by atomic mass is 35.5. The number of carbonyl (C=O) groups is 1. The van der Waals surface area contributed by atoms with Gasteiger partial charge >= 0.3 is 0 Å². The molecule has 0 aromatic heterocycles. The molecule has 0 aliphatic heterocycles. The van der Waals surface area contributed by atoms with Crippen LogP contribution < -0.4 is 14.4 Å². The molecule has 5 heteroatoms. The maximum atomic E-state index is 12.2. The summed E-state index contributed by atoms with van der Waals surface area (Å²) in [7, 11) is 3.12. The van der Waals surface area contributed by atoms with Crippen LogP contribution in [0.3, 0.4) is 0 Å². The van der Waals surface area contributed by atoms with Crippen LogP contribution in [0.15, 0.2) is 48.5 Å². The number of halogens is 1. The van der Waals surface area contributed by atoms with Crippen molar-refractivity contribution < 1.29 is 14.3 Å². The Balaban J connectivity index is 2.49. The van der Waals surface area contributed by atoms with Crippen LogP contribution in [0.2, 0.25) is 0 Å². The second kappa shape index (κ2) is 6.99. The number of carbonyl (C=O) groups excluding carboxylic acids is 1. The summed E-state index contributed by atoms with van der Waals surface area (Å²) in [5.74, 6) is 0.837. The second-order valence-corrected chi connectivity index (χ2v) is 4.50. The molecule has 0 N–H and O–H groups in total. The maximum Gasteiger partial charge on any atom is 0.246 e. The van der Waals surface area contributed by atoms with Gasteiger partial charge in [0.15, 0.2) is 11.5 Å². The summed E-state index contributed by atoms with van der Waals surface area (Å²) in [6.07, 6.45) is 0. The van der Waals surface area contributed by atoms with Crippen molar-refractivity contribution in [2.45, 2.75) is 0 Å².